The number of carbonyl (C=O) groups excluding carboxylic acids is 1. The fourth-order valence-electron chi connectivity index (χ4n) is 3.40. The largest absolute Gasteiger partial charge is 0.292 e. The van der Waals surface area contributed by atoms with E-state index >= 15 is 0 Å². The minimum atomic E-state index is 0.119. The second-order valence-electron chi connectivity index (χ2n) is 7.34. The van der Waals surface area contributed by atoms with Gasteiger partial charge in [-0.1, -0.05) is 39.3 Å². The Kier molecular flexibility index (Phi) is 5.13. The third-order valence-electron chi connectivity index (χ3n) is 4.79. The molecular weight excluding hydrogens is 284 g/mol. The van der Waals surface area contributed by atoms with Gasteiger partial charge in [0.15, 0.2) is 5.78 Å². The van der Waals surface area contributed by atoms with Crippen molar-refractivity contribution in [3.63, 3.8) is 0 Å². The highest BCUT2D eigenvalue weighted by Crippen LogP contribution is 2.41. The first-order valence-electron chi connectivity index (χ1n) is 8.10. The van der Waals surface area contributed by atoms with Crippen molar-refractivity contribution in [3.8, 4) is 0 Å². The van der Waals surface area contributed by atoms with Crippen molar-refractivity contribution in [2.24, 2.45) is 17.3 Å². The van der Waals surface area contributed by atoms with E-state index in [1.54, 1.807) is 10.9 Å². The number of aryl methyl sites for hydroxylation is 1. The predicted octanol–water partition coefficient (Wildman–Crippen LogP) is 4.98. The number of hydrogen-bond acceptors (Lipinski definition) is 2. The highest BCUT2D eigenvalue weighted by molar-refractivity contribution is 6.33. The van der Waals surface area contributed by atoms with Crippen LogP contribution in [0.4, 0.5) is 0 Å². The first-order valence-corrected chi connectivity index (χ1v) is 8.48. The van der Waals surface area contributed by atoms with Gasteiger partial charge in [-0.15, -0.1) is 0 Å². The number of halogens is 1. The van der Waals surface area contributed by atoms with E-state index in [2.05, 4.69) is 32.8 Å². The van der Waals surface area contributed by atoms with Crippen LogP contribution in [0.25, 0.3) is 0 Å². The summed E-state index contributed by atoms with van der Waals surface area (Å²) in [6.07, 6.45) is 6.79. The first kappa shape index (κ1) is 16.5. The third kappa shape index (κ3) is 3.68. The average molecular weight is 311 g/mol. The van der Waals surface area contributed by atoms with Crippen molar-refractivity contribution >= 4 is 17.4 Å². The van der Waals surface area contributed by atoms with Gasteiger partial charge in [0.2, 0.25) is 0 Å². The summed E-state index contributed by atoms with van der Waals surface area (Å²) < 4.78 is 1.78. The van der Waals surface area contributed by atoms with E-state index in [0.29, 0.717) is 16.1 Å². The molecule has 0 unspecified atom stereocenters. The summed E-state index contributed by atoms with van der Waals surface area (Å²) in [5, 5.41) is 4.75. The minimum absolute atomic E-state index is 0.119. The maximum Gasteiger partial charge on any atom is 0.185 e. The Morgan fingerprint density at radius 1 is 1.33 bits per heavy atom. The molecule has 0 amide bonds. The maximum atomic E-state index is 12.8. The molecule has 21 heavy (non-hydrogen) atoms. The van der Waals surface area contributed by atoms with Crippen LogP contribution in [0, 0.1) is 17.3 Å². The normalized spacial score (nSPS) is 23.3. The van der Waals surface area contributed by atoms with E-state index in [1.807, 2.05) is 0 Å². The van der Waals surface area contributed by atoms with Gasteiger partial charge in [-0.3, -0.25) is 9.48 Å². The molecule has 0 atom stereocenters. The summed E-state index contributed by atoms with van der Waals surface area (Å²) in [7, 11) is 0. The molecule has 1 aliphatic rings. The van der Waals surface area contributed by atoms with Crippen molar-refractivity contribution < 1.29 is 4.79 Å². The van der Waals surface area contributed by atoms with Gasteiger partial charge >= 0.3 is 0 Å². The molecule has 1 saturated carbocycles. The van der Waals surface area contributed by atoms with Crippen LogP contribution >= 0.6 is 11.6 Å². The lowest BCUT2D eigenvalue weighted by molar-refractivity contribution is 0.0808. The quantitative estimate of drug-likeness (QED) is 0.735. The summed E-state index contributed by atoms with van der Waals surface area (Å²) in [5.74, 6) is 1.03. The van der Waals surface area contributed by atoms with Gasteiger partial charge in [0.05, 0.1) is 11.2 Å². The van der Waals surface area contributed by atoms with Gasteiger partial charge in [-0.2, -0.15) is 5.10 Å². The van der Waals surface area contributed by atoms with E-state index in [0.717, 1.165) is 44.6 Å². The smallest absolute Gasteiger partial charge is 0.185 e. The molecule has 1 aromatic heterocycles. The number of Topliss-reactive ketones (excluding diaryl/α,β-unsaturated/α-hetero) is 1. The molecule has 0 radical (unpaired) electrons. The Hall–Kier alpha value is -0.830. The van der Waals surface area contributed by atoms with Crippen molar-refractivity contribution in [1.29, 1.82) is 0 Å². The second kappa shape index (κ2) is 6.51. The summed E-state index contributed by atoms with van der Waals surface area (Å²) in [6.45, 7) is 9.73. The second-order valence-corrected chi connectivity index (χ2v) is 7.75. The number of aromatic nitrogens is 2. The Balaban J connectivity index is 2.07. The monoisotopic (exact) mass is 310 g/mol. The van der Waals surface area contributed by atoms with E-state index in [1.165, 1.54) is 0 Å². The molecule has 1 heterocycles. The zero-order valence-corrected chi connectivity index (χ0v) is 14.4. The van der Waals surface area contributed by atoms with E-state index in [9.17, 15) is 4.79 Å². The molecule has 0 N–H and O–H groups in total. The molecule has 118 valence electrons. The SMILES string of the molecule is CCCn1ncc(Cl)c1C(=O)C1CCC(C(C)(C)C)CC1. The first-order chi connectivity index (χ1) is 9.84. The fourth-order valence-corrected chi connectivity index (χ4v) is 3.64. The van der Waals surface area contributed by atoms with E-state index < -0.39 is 0 Å². The molecular formula is C17H27ClN2O. The Morgan fingerprint density at radius 2 is 1.95 bits per heavy atom. The van der Waals surface area contributed by atoms with Crippen LogP contribution in [0.2, 0.25) is 5.02 Å². The number of ketones is 1. The van der Waals surface area contributed by atoms with Crippen LogP contribution < -0.4 is 0 Å². The summed E-state index contributed by atoms with van der Waals surface area (Å²) in [6, 6.07) is 0. The van der Waals surface area contributed by atoms with Crippen LogP contribution in [0.15, 0.2) is 6.20 Å². The van der Waals surface area contributed by atoms with Gasteiger partial charge in [-0.25, -0.2) is 0 Å². The van der Waals surface area contributed by atoms with Gasteiger partial charge in [0.1, 0.15) is 5.69 Å². The van der Waals surface area contributed by atoms with Gasteiger partial charge < -0.3 is 0 Å². The summed E-state index contributed by atoms with van der Waals surface area (Å²) in [4.78, 5) is 12.8. The minimum Gasteiger partial charge on any atom is -0.292 e. The standard InChI is InChI=1S/C17H27ClN2O/c1-5-10-20-15(14(18)11-19-20)16(21)12-6-8-13(9-7-12)17(2,3)4/h11-13H,5-10H2,1-4H3. The molecule has 1 fully saturated rings. The molecule has 0 aliphatic heterocycles. The van der Waals surface area contributed by atoms with Crippen LogP contribution in [-0.4, -0.2) is 15.6 Å². The van der Waals surface area contributed by atoms with Gasteiger partial charge in [0, 0.05) is 12.5 Å². The van der Waals surface area contributed by atoms with Crippen molar-refractivity contribution in [1.82, 2.24) is 9.78 Å². The Bertz CT molecular complexity index is 493. The number of carbonyl (C=O) groups is 1. The van der Waals surface area contributed by atoms with Gasteiger partial charge in [0.25, 0.3) is 0 Å². The molecule has 4 heteroatoms. The molecule has 0 aromatic carbocycles. The zero-order valence-electron chi connectivity index (χ0n) is 13.7. The Labute approximate surface area is 133 Å². The highest BCUT2D eigenvalue weighted by Gasteiger charge is 2.34. The molecule has 2 rings (SSSR count). The van der Waals surface area contributed by atoms with Crippen LogP contribution in [0.3, 0.4) is 0 Å². The van der Waals surface area contributed by atoms with Gasteiger partial charge in [-0.05, 0) is 43.4 Å². The van der Waals surface area contributed by atoms with E-state index in [4.69, 9.17) is 11.6 Å². The number of rotatable bonds is 4. The van der Waals surface area contributed by atoms with Crippen LogP contribution in [0.5, 0.6) is 0 Å². The lowest BCUT2D eigenvalue weighted by atomic mass is 9.69. The predicted molar refractivity (Wildman–Crippen MR) is 86.8 cm³/mol. The molecule has 0 bridgehead atoms. The topological polar surface area (TPSA) is 34.9 Å². The van der Waals surface area contributed by atoms with Crippen LogP contribution in [0.1, 0.15) is 70.3 Å². The molecule has 1 aliphatic carbocycles. The van der Waals surface area contributed by atoms with Crippen LogP contribution in [-0.2, 0) is 6.54 Å². The molecule has 1 aromatic rings. The number of nitrogens with zero attached hydrogens (tertiary/aromatic N) is 2. The molecule has 0 spiro atoms. The lowest BCUT2D eigenvalue weighted by Gasteiger charge is -2.36. The number of hydrogen-bond donors (Lipinski definition) is 0. The van der Waals surface area contributed by atoms with E-state index in [-0.39, 0.29) is 11.7 Å². The van der Waals surface area contributed by atoms with Crippen molar-refractivity contribution in [2.75, 3.05) is 0 Å². The lowest BCUT2D eigenvalue weighted by Crippen LogP contribution is -2.29. The Morgan fingerprint density at radius 3 is 2.48 bits per heavy atom. The third-order valence-corrected chi connectivity index (χ3v) is 5.06. The fraction of sp³-hybridized carbons (Fsp3) is 0.765. The molecule has 0 saturated heterocycles. The average Bonchev–Trinajstić information content (AvgIpc) is 2.79. The maximum absolute atomic E-state index is 12.8. The summed E-state index contributed by atoms with van der Waals surface area (Å²) in [5.41, 5.74) is 0.966. The highest BCUT2D eigenvalue weighted by atomic mass is 35.5. The summed E-state index contributed by atoms with van der Waals surface area (Å²) >= 11 is 6.19. The van der Waals surface area contributed by atoms with Crippen molar-refractivity contribution in [3.05, 3.63) is 16.9 Å². The zero-order chi connectivity index (χ0) is 15.6. The molecule has 3 nitrogen and oxygen atoms in total. The van der Waals surface area contributed by atoms with Crippen molar-refractivity contribution in [2.45, 2.75) is 66.3 Å².